The van der Waals surface area contributed by atoms with Crippen molar-refractivity contribution >= 4 is 29.4 Å². The molecule has 0 aromatic heterocycles. The number of carboxylic acid groups (broad SMARTS) is 1. The number of hydrogen-bond acceptors (Lipinski definition) is 8. The van der Waals surface area contributed by atoms with Crippen LogP contribution < -0.4 is 16.8 Å². The summed E-state index contributed by atoms with van der Waals surface area (Å²) < 4.78 is 0. The second-order valence-corrected chi connectivity index (χ2v) is 5.97. The van der Waals surface area contributed by atoms with Gasteiger partial charge in [-0.15, -0.1) is 0 Å². The number of carboxylic acids is 1. The fourth-order valence-corrected chi connectivity index (χ4v) is 2.12. The third kappa shape index (κ3) is 8.65. The maximum Gasteiger partial charge on any atom is 0.309 e. The van der Waals surface area contributed by atoms with E-state index in [0.717, 1.165) is 0 Å². The Morgan fingerprint density at radius 2 is 1.65 bits per heavy atom. The molecule has 0 heterocycles. The molecule has 0 spiro atoms. The predicted molar refractivity (Wildman–Crippen MR) is 87.4 cm³/mol. The third-order valence-corrected chi connectivity index (χ3v) is 3.69. The number of nitrogens with one attached hydrogen (secondary N) is 1. The van der Waals surface area contributed by atoms with Crippen LogP contribution in [0.15, 0.2) is 0 Å². The van der Waals surface area contributed by atoms with E-state index in [1.165, 1.54) is 6.92 Å². The number of aliphatic hydroxyl groups is 2. The fraction of sp³-hybridized carbons (Fsp3) is 0.667. The number of Topliss-reactive ketones (excluding diaryl/α,β-unsaturated/α-hetero) is 2. The van der Waals surface area contributed by atoms with E-state index in [1.807, 2.05) is 0 Å². The van der Waals surface area contributed by atoms with Crippen LogP contribution in [0, 0.1) is 11.8 Å². The van der Waals surface area contributed by atoms with Crippen molar-refractivity contribution in [1.29, 1.82) is 0 Å². The summed E-state index contributed by atoms with van der Waals surface area (Å²) in [6.45, 7) is 0.110. The smallest absolute Gasteiger partial charge is 0.309 e. The topological polar surface area (TPSA) is 210 Å². The number of nitrogens with two attached hydrogens (primary N) is 2. The van der Waals surface area contributed by atoms with Gasteiger partial charge in [0.05, 0.1) is 37.1 Å². The summed E-state index contributed by atoms with van der Waals surface area (Å²) in [5, 5.41) is 29.3. The molecule has 26 heavy (non-hydrogen) atoms. The normalized spacial score (nSPS) is 15.4. The summed E-state index contributed by atoms with van der Waals surface area (Å²) in [5.41, 5.74) is 10.3. The number of ketones is 2. The number of carbonyl (C=O) groups excluding carboxylic acids is 4. The van der Waals surface area contributed by atoms with Crippen molar-refractivity contribution in [2.24, 2.45) is 23.3 Å². The molecule has 0 aromatic carbocycles. The predicted octanol–water partition coefficient (Wildman–Crippen LogP) is -3.09. The average molecular weight is 375 g/mol. The molecule has 2 amide bonds. The molecule has 11 heteroatoms. The van der Waals surface area contributed by atoms with Gasteiger partial charge in [-0.3, -0.25) is 24.0 Å². The van der Waals surface area contributed by atoms with E-state index in [-0.39, 0.29) is 0 Å². The number of aliphatic carboxylic acids is 1. The van der Waals surface area contributed by atoms with Crippen molar-refractivity contribution in [3.8, 4) is 0 Å². The van der Waals surface area contributed by atoms with E-state index in [1.54, 1.807) is 0 Å². The van der Waals surface area contributed by atoms with Crippen LogP contribution in [-0.2, 0) is 24.0 Å². The zero-order valence-electron chi connectivity index (χ0n) is 14.4. The minimum Gasteiger partial charge on any atom is -0.481 e. The molecule has 0 aliphatic carbocycles. The van der Waals surface area contributed by atoms with E-state index in [0.29, 0.717) is 0 Å². The summed E-state index contributed by atoms with van der Waals surface area (Å²) in [5.74, 6) is -6.87. The van der Waals surface area contributed by atoms with Gasteiger partial charge in [0.1, 0.15) is 5.78 Å². The molecule has 0 fully saturated rings. The van der Waals surface area contributed by atoms with Crippen LogP contribution in [0.4, 0.5) is 0 Å². The quantitative estimate of drug-likeness (QED) is 0.192. The van der Waals surface area contributed by atoms with Gasteiger partial charge in [0.15, 0.2) is 5.78 Å². The molecule has 0 radical (unpaired) electrons. The summed E-state index contributed by atoms with van der Waals surface area (Å²) in [7, 11) is 0. The van der Waals surface area contributed by atoms with Gasteiger partial charge in [-0.1, -0.05) is 0 Å². The zero-order valence-corrected chi connectivity index (χ0v) is 14.4. The van der Waals surface area contributed by atoms with Crippen LogP contribution in [0.25, 0.3) is 0 Å². The van der Waals surface area contributed by atoms with E-state index >= 15 is 0 Å². The zero-order chi connectivity index (χ0) is 20.4. The molecule has 8 N–H and O–H groups in total. The number of primary amides is 1. The van der Waals surface area contributed by atoms with Gasteiger partial charge in [-0.05, 0) is 6.92 Å². The second-order valence-electron chi connectivity index (χ2n) is 5.97. The van der Waals surface area contributed by atoms with Crippen LogP contribution in [0.3, 0.4) is 0 Å². The van der Waals surface area contributed by atoms with Crippen molar-refractivity contribution in [2.45, 2.75) is 38.3 Å². The lowest BCUT2D eigenvalue weighted by atomic mass is 9.90. The molecular weight excluding hydrogens is 350 g/mol. The minimum atomic E-state index is -1.37. The van der Waals surface area contributed by atoms with Crippen LogP contribution in [-0.4, -0.2) is 70.0 Å². The molecule has 0 saturated carbocycles. The maximum absolute atomic E-state index is 12.1. The van der Waals surface area contributed by atoms with Crippen LogP contribution >= 0.6 is 0 Å². The lowest BCUT2D eigenvalue weighted by Gasteiger charge is -2.18. The molecular formula is C15H25N3O8. The monoisotopic (exact) mass is 375 g/mol. The molecule has 0 rings (SSSR count). The Labute approximate surface area is 149 Å². The van der Waals surface area contributed by atoms with Gasteiger partial charge in [0.25, 0.3) is 0 Å². The Morgan fingerprint density at radius 3 is 2.08 bits per heavy atom. The Morgan fingerprint density at radius 1 is 1.08 bits per heavy atom. The Kier molecular flexibility index (Phi) is 10.3. The first kappa shape index (κ1) is 23.6. The van der Waals surface area contributed by atoms with Crippen molar-refractivity contribution in [2.75, 3.05) is 13.2 Å². The van der Waals surface area contributed by atoms with Crippen LogP contribution in [0.5, 0.6) is 0 Å². The molecule has 0 aliphatic heterocycles. The first-order valence-electron chi connectivity index (χ1n) is 7.87. The standard InChI is InChI=1S/C15H25N3O8/c1-7(20)10(15(25)26)4-9(21)2-8(3-13(17)23)14(24)18-5-12(22)11(16)6-19/h7-8,10-11,19-20H,2-6,16H2,1H3,(H2,17,23)(H,18,24)(H,25,26)/t7?,8-,10-,11-/m1/s1. The van der Waals surface area contributed by atoms with Crippen molar-refractivity contribution in [3.05, 3.63) is 0 Å². The first-order valence-corrected chi connectivity index (χ1v) is 7.87. The van der Waals surface area contributed by atoms with Gasteiger partial charge in [-0.2, -0.15) is 0 Å². The van der Waals surface area contributed by atoms with Crippen LogP contribution in [0.1, 0.15) is 26.2 Å². The van der Waals surface area contributed by atoms with E-state index in [4.69, 9.17) is 21.7 Å². The number of carbonyl (C=O) groups is 5. The number of rotatable bonds is 13. The Bertz CT molecular complexity index is 549. The maximum atomic E-state index is 12.1. The fourth-order valence-electron chi connectivity index (χ4n) is 2.12. The molecule has 11 nitrogen and oxygen atoms in total. The highest BCUT2D eigenvalue weighted by Gasteiger charge is 2.30. The van der Waals surface area contributed by atoms with Gasteiger partial charge >= 0.3 is 5.97 Å². The Balaban J connectivity index is 4.90. The van der Waals surface area contributed by atoms with Gasteiger partial charge < -0.3 is 32.1 Å². The SMILES string of the molecule is CC(O)[C@@H](CC(=O)C[C@H](CC(N)=O)C(=O)NCC(=O)[C@H](N)CO)C(=O)O. The van der Waals surface area contributed by atoms with Gasteiger partial charge in [0.2, 0.25) is 11.8 Å². The largest absolute Gasteiger partial charge is 0.481 e. The van der Waals surface area contributed by atoms with E-state index < -0.39 is 85.7 Å². The molecule has 0 bridgehead atoms. The summed E-state index contributed by atoms with van der Waals surface area (Å²) >= 11 is 0. The molecule has 148 valence electrons. The van der Waals surface area contributed by atoms with Crippen molar-refractivity contribution in [3.63, 3.8) is 0 Å². The molecule has 0 aromatic rings. The minimum absolute atomic E-state index is 0.481. The molecule has 0 aliphatic rings. The number of aliphatic hydroxyl groups excluding tert-OH is 2. The lowest BCUT2D eigenvalue weighted by Crippen LogP contribution is -2.44. The number of amides is 2. The van der Waals surface area contributed by atoms with Crippen molar-refractivity contribution < 1.29 is 39.3 Å². The lowest BCUT2D eigenvalue weighted by molar-refractivity contribution is -0.148. The first-order chi connectivity index (χ1) is 12.0. The second kappa shape index (κ2) is 11.3. The highest BCUT2D eigenvalue weighted by Crippen LogP contribution is 2.16. The number of hydrogen-bond donors (Lipinski definition) is 6. The molecule has 0 saturated heterocycles. The van der Waals surface area contributed by atoms with E-state index in [2.05, 4.69) is 5.32 Å². The van der Waals surface area contributed by atoms with Gasteiger partial charge in [-0.25, -0.2) is 0 Å². The molecule has 1 unspecified atom stereocenters. The van der Waals surface area contributed by atoms with Gasteiger partial charge in [0, 0.05) is 19.3 Å². The van der Waals surface area contributed by atoms with Crippen LogP contribution in [0.2, 0.25) is 0 Å². The summed E-state index contributed by atoms with van der Waals surface area (Å²) in [6.07, 6.45) is -2.77. The average Bonchev–Trinajstić information content (AvgIpc) is 2.54. The highest BCUT2D eigenvalue weighted by atomic mass is 16.4. The summed E-state index contributed by atoms with van der Waals surface area (Å²) in [6, 6.07) is -1.17. The molecule has 4 atom stereocenters. The highest BCUT2D eigenvalue weighted by molar-refractivity contribution is 5.94. The van der Waals surface area contributed by atoms with E-state index in [9.17, 15) is 29.1 Å². The third-order valence-electron chi connectivity index (χ3n) is 3.69. The van der Waals surface area contributed by atoms with Crippen molar-refractivity contribution in [1.82, 2.24) is 5.32 Å². The summed E-state index contributed by atoms with van der Waals surface area (Å²) in [4.78, 5) is 57.7. The Hall–Kier alpha value is -2.37.